The molecule has 1 aliphatic heterocycles. The van der Waals surface area contributed by atoms with Gasteiger partial charge in [-0.3, -0.25) is 0 Å². The zero-order valence-electron chi connectivity index (χ0n) is 21.9. The number of rotatable bonds is 23. The molecule has 0 aromatic carbocycles. The summed E-state index contributed by atoms with van der Waals surface area (Å²) in [5, 5.41) is 2.11. The van der Waals surface area contributed by atoms with E-state index >= 15 is 0 Å². The highest BCUT2D eigenvalue weighted by Crippen LogP contribution is 2.19. The summed E-state index contributed by atoms with van der Waals surface area (Å²) in [5.74, 6) is 0. The molecule has 0 N–H and O–H groups in total. The third-order valence-corrected chi connectivity index (χ3v) is 7.31. The van der Waals surface area contributed by atoms with E-state index in [1.807, 2.05) is 0 Å². The van der Waals surface area contributed by atoms with Crippen LogP contribution in [0.1, 0.15) is 122 Å². The second-order valence-electron chi connectivity index (χ2n) is 9.81. The summed E-state index contributed by atoms with van der Waals surface area (Å²) in [6.45, 7) is 5.54. The van der Waals surface area contributed by atoms with E-state index in [0.717, 1.165) is 32.4 Å². The van der Waals surface area contributed by atoms with Crippen molar-refractivity contribution in [2.24, 2.45) is 0 Å². The van der Waals surface area contributed by atoms with Crippen LogP contribution in [0.15, 0.2) is 17.1 Å². The van der Waals surface area contributed by atoms with Crippen LogP contribution >= 0.6 is 11.3 Å². The van der Waals surface area contributed by atoms with E-state index < -0.39 is 0 Å². The van der Waals surface area contributed by atoms with Crippen molar-refractivity contribution in [1.29, 1.82) is 0 Å². The van der Waals surface area contributed by atoms with Gasteiger partial charge >= 0.3 is 0 Å². The molecule has 1 aromatic heterocycles. The Bertz CT molecular complexity index is 532. The Morgan fingerprint density at radius 2 is 1.44 bits per heavy atom. The van der Waals surface area contributed by atoms with E-state index in [4.69, 9.17) is 14.2 Å². The second kappa shape index (κ2) is 23.6. The molecular formula is C28H52INO3S. The Morgan fingerprint density at radius 3 is 2.03 bits per heavy atom. The first-order valence-corrected chi connectivity index (χ1v) is 15.1. The minimum atomic E-state index is -0.00411. The average molecular weight is 610 g/mol. The van der Waals surface area contributed by atoms with Gasteiger partial charge in [0.2, 0.25) is 5.51 Å². The lowest BCUT2D eigenvalue weighted by atomic mass is 10.0. The highest BCUT2D eigenvalue weighted by atomic mass is 127. The molecule has 34 heavy (non-hydrogen) atoms. The normalized spacial score (nSPS) is 17.8. The quantitative estimate of drug-likeness (QED) is 0.101. The smallest absolute Gasteiger partial charge is 0.224 e. The van der Waals surface area contributed by atoms with Gasteiger partial charge in [-0.15, -0.1) is 0 Å². The maximum Gasteiger partial charge on any atom is 0.224 e. The molecule has 1 saturated heterocycles. The van der Waals surface area contributed by atoms with E-state index in [9.17, 15) is 0 Å². The average Bonchev–Trinajstić information content (AvgIpc) is 3.51. The van der Waals surface area contributed by atoms with E-state index in [1.165, 1.54) is 96.3 Å². The van der Waals surface area contributed by atoms with E-state index in [0.29, 0.717) is 13.2 Å². The lowest BCUT2D eigenvalue weighted by Gasteiger charge is -2.11. The SMILES string of the molecule is CCCCCCCCCCCCCCCCC[C@@H]1OC[C@@H](COCCCC[n+]2ccsc2)O1.[I-]. The molecule has 2 atom stereocenters. The highest BCUT2D eigenvalue weighted by molar-refractivity contribution is 7.07. The zero-order chi connectivity index (χ0) is 23.2. The number of halogens is 1. The molecule has 2 rings (SSSR count). The van der Waals surface area contributed by atoms with Gasteiger partial charge in [0, 0.05) is 13.0 Å². The molecule has 4 nitrogen and oxygen atoms in total. The van der Waals surface area contributed by atoms with Gasteiger partial charge in [-0.1, -0.05) is 108 Å². The minimum absolute atomic E-state index is 0. The number of thiazole rings is 1. The first-order valence-electron chi connectivity index (χ1n) is 14.1. The molecule has 2 heterocycles. The summed E-state index contributed by atoms with van der Waals surface area (Å²) in [7, 11) is 0. The van der Waals surface area contributed by atoms with Crippen LogP contribution in [0.5, 0.6) is 0 Å². The lowest BCUT2D eigenvalue weighted by molar-refractivity contribution is -0.692. The second-order valence-corrected chi connectivity index (χ2v) is 10.6. The Morgan fingerprint density at radius 1 is 0.824 bits per heavy atom. The Balaban J connectivity index is 0.00000578. The lowest BCUT2D eigenvalue weighted by Crippen LogP contribution is -3.00. The molecule has 0 saturated carbocycles. The van der Waals surface area contributed by atoms with Crippen LogP contribution in [0.3, 0.4) is 0 Å². The fraction of sp³-hybridized carbons (Fsp3) is 0.893. The van der Waals surface area contributed by atoms with E-state index in [-0.39, 0.29) is 36.4 Å². The van der Waals surface area contributed by atoms with Crippen molar-refractivity contribution in [3.63, 3.8) is 0 Å². The van der Waals surface area contributed by atoms with Crippen LogP contribution in [0, 0.1) is 0 Å². The zero-order valence-corrected chi connectivity index (χ0v) is 24.9. The highest BCUT2D eigenvalue weighted by Gasteiger charge is 2.25. The summed E-state index contributed by atoms with van der Waals surface area (Å²) in [5.41, 5.74) is 2.16. The van der Waals surface area contributed by atoms with Crippen LogP contribution in [-0.4, -0.2) is 32.2 Å². The molecule has 0 bridgehead atoms. The van der Waals surface area contributed by atoms with E-state index in [1.54, 1.807) is 11.3 Å². The fourth-order valence-corrected chi connectivity index (χ4v) is 5.16. The molecule has 0 spiro atoms. The summed E-state index contributed by atoms with van der Waals surface area (Å²) in [6.07, 6.45) is 26.6. The van der Waals surface area contributed by atoms with Crippen molar-refractivity contribution < 1.29 is 42.8 Å². The van der Waals surface area contributed by atoms with Crippen molar-refractivity contribution >= 4 is 11.3 Å². The maximum absolute atomic E-state index is 6.00. The van der Waals surface area contributed by atoms with Gasteiger partial charge in [0.15, 0.2) is 12.5 Å². The fourth-order valence-electron chi connectivity index (χ4n) is 4.53. The Kier molecular flexibility index (Phi) is 22.4. The van der Waals surface area contributed by atoms with Crippen LogP contribution in [0.2, 0.25) is 0 Å². The van der Waals surface area contributed by atoms with Crippen molar-refractivity contribution in [2.45, 2.75) is 141 Å². The molecule has 1 aromatic rings. The van der Waals surface area contributed by atoms with Crippen LogP contribution < -0.4 is 28.5 Å². The molecule has 200 valence electrons. The molecule has 0 radical (unpaired) electrons. The molecule has 6 heteroatoms. The number of ether oxygens (including phenoxy) is 3. The molecular weight excluding hydrogens is 557 g/mol. The minimum Gasteiger partial charge on any atom is -1.00 e. The topological polar surface area (TPSA) is 31.6 Å². The predicted octanol–water partition coefficient (Wildman–Crippen LogP) is 4.84. The molecule has 0 aliphatic carbocycles. The number of nitrogens with zero attached hydrogens (tertiary/aromatic N) is 1. The largest absolute Gasteiger partial charge is 1.00 e. The van der Waals surface area contributed by atoms with Gasteiger partial charge in [0.25, 0.3) is 0 Å². The third kappa shape index (κ3) is 17.6. The molecule has 1 fully saturated rings. The molecule has 0 unspecified atom stereocenters. The van der Waals surface area contributed by atoms with Crippen LogP contribution in [0.25, 0.3) is 0 Å². The number of unbranched alkanes of at least 4 members (excludes halogenated alkanes) is 15. The Labute approximate surface area is 231 Å². The molecule has 1 aliphatic rings. The molecule has 0 amide bonds. The first kappa shape index (κ1) is 32.3. The van der Waals surface area contributed by atoms with Gasteiger partial charge in [0.1, 0.15) is 12.6 Å². The van der Waals surface area contributed by atoms with Crippen molar-refractivity contribution in [1.82, 2.24) is 0 Å². The predicted molar refractivity (Wildman–Crippen MR) is 139 cm³/mol. The number of hydrogen-bond donors (Lipinski definition) is 0. The summed E-state index contributed by atoms with van der Waals surface area (Å²) in [4.78, 5) is 0. The van der Waals surface area contributed by atoms with Crippen molar-refractivity contribution in [2.75, 3.05) is 19.8 Å². The maximum atomic E-state index is 6.00. The summed E-state index contributed by atoms with van der Waals surface area (Å²) in [6, 6.07) is 0. The Hall–Kier alpha value is 0.240. The van der Waals surface area contributed by atoms with Crippen LogP contribution in [-0.2, 0) is 20.8 Å². The number of aryl methyl sites for hydroxylation is 1. The standard InChI is InChI=1S/C28H52NO3S.HI/c1-2-3-4-5-6-7-8-9-10-11-12-13-14-15-16-19-28-31-25-27(32-28)24-30-22-18-17-20-29-21-23-33-26-29;/h21,23,26-28H,2-20,22,24-25H2,1H3;1H/q+1;/p-1/t27-,28-;/m1./s1. The number of aromatic nitrogens is 1. The van der Waals surface area contributed by atoms with E-state index in [2.05, 4.69) is 28.6 Å². The summed E-state index contributed by atoms with van der Waals surface area (Å²) < 4.78 is 19.8. The third-order valence-electron chi connectivity index (χ3n) is 6.64. The number of hydrogen-bond acceptors (Lipinski definition) is 4. The van der Waals surface area contributed by atoms with Gasteiger partial charge in [-0.25, -0.2) is 0 Å². The van der Waals surface area contributed by atoms with Gasteiger partial charge in [-0.05, 0) is 19.3 Å². The monoisotopic (exact) mass is 609 g/mol. The first-order chi connectivity index (χ1) is 16.4. The van der Waals surface area contributed by atoms with Crippen molar-refractivity contribution in [3.8, 4) is 0 Å². The van der Waals surface area contributed by atoms with Crippen LogP contribution in [0.4, 0.5) is 0 Å². The van der Waals surface area contributed by atoms with Gasteiger partial charge in [0.05, 0.1) is 18.6 Å². The summed E-state index contributed by atoms with van der Waals surface area (Å²) >= 11 is 1.74. The van der Waals surface area contributed by atoms with Gasteiger partial charge in [-0.2, -0.15) is 4.57 Å². The van der Waals surface area contributed by atoms with Gasteiger partial charge < -0.3 is 38.2 Å². The van der Waals surface area contributed by atoms with Crippen molar-refractivity contribution in [3.05, 3.63) is 17.1 Å².